The molecule has 2 aromatic rings. The number of hydrogen-bond acceptors (Lipinski definition) is 2. The molecule has 1 aromatic carbocycles. The van der Waals surface area contributed by atoms with E-state index in [-0.39, 0.29) is 11.2 Å². The van der Waals surface area contributed by atoms with Crippen LogP contribution in [0.4, 0.5) is 4.39 Å². The van der Waals surface area contributed by atoms with Crippen molar-refractivity contribution in [3.63, 3.8) is 0 Å². The van der Waals surface area contributed by atoms with Crippen molar-refractivity contribution >= 4 is 10.8 Å². The highest BCUT2D eigenvalue weighted by atomic mass is 19.1. The second-order valence-corrected chi connectivity index (χ2v) is 10.1. The summed E-state index contributed by atoms with van der Waals surface area (Å²) in [6, 6.07) is 5.58. The quantitative estimate of drug-likeness (QED) is 0.290. The average molecular weight is 443 g/mol. The van der Waals surface area contributed by atoms with Gasteiger partial charge in [-0.1, -0.05) is 103 Å². The summed E-state index contributed by atoms with van der Waals surface area (Å²) in [5, 5.41) is 0.789. The van der Waals surface area contributed by atoms with Crippen LogP contribution in [0.1, 0.15) is 115 Å². The molecule has 1 fully saturated rings. The average Bonchev–Trinajstić information content (AvgIpc) is 2.79. The molecular formula is C29H43FO2. The summed E-state index contributed by atoms with van der Waals surface area (Å²) in [7, 11) is 0. The summed E-state index contributed by atoms with van der Waals surface area (Å²) in [4.78, 5) is 12.4. The molecule has 1 aliphatic carbocycles. The lowest BCUT2D eigenvalue weighted by atomic mass is 9.77. The van der Waals surface area contributed by atoms with Crippen LogP contribution in [-0.4, -0.2) is 0 Å². The summed E-state index contributed by atoms with van der Waals surface area (Å²) in [6.07, 6.45) is 19.7. The largest absolute Gasteiger partial charge is 0.427 e. The Morgan fingerprint density at radius 2 is 1.50 bits per heavy atom. The molecule has 1 aromatic heterocycles. The van der Waals surface area contributed by atoms with Gasteiger partial charge < -0.3 is 4.42 Å². The van der Waals surface area contributed by atoms with Crippen LogP contribution in [0.25, 0.3) is 10.8 Å². The van der Waals surface area contributed by atoms with Gasteiger partial charge in [-0.15, -0.1) is 0 Å². The Hall–Kier alpha value is -1.64. The Morgan fingerprint density at radius 3 is 2.19 bits per heavy atom. The molecule has 2 nitrogen and oxygen atoms in total. The Balaban J connectivity index is 1.43. The predicted molar refractivity (Wildman–Crippen MR) is 133 cm³/mol. The fourth-order valence-electron chi connectivity index (χ4n) is 5.46. The fraction of sp³-hybridized carbons (Fsp3) is 0.690. The van der Waals surface area contributed by atoms with Gasteiger partial charge in [0.2, 0.25) is 0 Å². The van der Waals surface area contributed by atoms with E-state index >= 15 is 4.39 Å². The summed E-state index contributed by atoms with van der Waals surface area (Å²) in [5.74, 6) is 1.87. The first kappa shape index (κ1) is 25.0. The summed E-state index contributed by atoms with van der Waals surface area (Å²) in [6.45, 7) is 4.31. The Labute approximate surface area is 194 Å². The fourth-order valence-corrected chi connectivity index (χ4v) is 5.46. The number of hydrogen-bond donors (Lipinski definition) is 0. The SMILES string of the molecule is CCCCCCCCCC1CCC(CCc2ccc3cc(CCC)oc(=O)c3c2F)CC1. The maximum atomic E-state index is 15.1. The molecule has 178 valence electrons. The second kappa shape index (κ2) is 13.2. The van der Waals surface area contributed by atoms with E-state index < -0.39 is 5.63 Å². The van der Waals surface area contributed by atoms with E-state index in [0.717, 1.165) is 18.8 Å². The molecule has 32 heavy (non-hydrogen) atoms. The van der Waals surface area contributed by atoms with Gasteiger partial charge in [-0.3, -0.25) is 0 Å². The van der Waals surface area contributed by atoms with Crippen molar-refractivity contribution in [2.75, 3.05) is 0 Å². The molecule has 1 aliphatic rings. The third-order valence-corrected chi connectivity index (χ3v) is 7.50. The van der Waals surface area contributed by atoms with Crippen molar-refractivity contribution in [2.45, 2.75) is 117 Å². The molecule has 0 bridgehead atoms. The zero-order valence-corrected chi connectivity index (χ0v) is 20.4. The molecule has 0 radical (unpaired) electrons. The highest BCUT2D eigenvalue weighted by Crippen LogP contribution is 2.35. The number of benzene rings is 1. The first-order chi connectivity index (χ1) is 15.6. The summed E-state index contributed by atoms with van der Waals surface area (Å²) >= 11 is 0. The molecule has 1 saturated carbocycles. The minimum atomic E-state index is -0.531. The maximum absolute atomic E-state index is 15.1. The van der Waals surface area contributed by atoms with E-state index in [1.807, 2.05) is 25.1 Å². The van der Waals surface area contributed by atoms with Gasteiger partial charge in [0.15, 0.2) is 0 Å². The second-order valence-electron chi connectivity index (χ2n) is 10.1. The van der Waals surface area contributed by atoms with Crippen molar-refractivity contribution in [1.29, 1.82) is 0 Å². The van der Waals surface area contributed by atoms with Gasteiger partial charge in [-0.25, -0.2) is 9.18 Å². The summed E-state index contributed by atoms with van der Waals surface area (Å²) < 4.78 is 20.4. The van der Waals surface area contributed by atoms with Gasteiger partial charge in [0.05, 0.1) is 0 Å². The number of rotatable bonds is 13. The maximum Gasteiger partial charge on any atom is 0.346 e. The smallest absolute Gasteiger partial charge is 0.346 e. The van der Waals surface area contributed by atoms with Crippen LogP contribution in [0.15, 0.2) is 27.4 Å². The van der Waals surface area contributed by atoms with E-state index in [9.17, 15) is 4.79 Å². The van der Waals surface area contributed by atoms with Gasteiger partial charge in [0, 0.05) is 6.42 Å². The van der Waals surface area contributed by atoms with Crippen LogP contribution in [0.2, 0.25) is 0 Å². The third kappa shape index (κ3) is 7.18. The molecule has 0 aliphatic heterocycles. The molecular weight excluding hydrogens is 399 g/mol. The summed E-state index contributed by atoms with van der Waals surface area (Å²) in [5.41, 5.74) is 0.134. The van der Waals surface area contributed by atoms with Crippen LogP contribution in [0, 0.1) is 17.7 Å². The van der Waals surface area contributed by atoms with Gasteiger partial charge in [0.1, 0.15) is 17.0 Å². The van der Waals surface area contributed by atoms with Crippen molar-refractivity contribution in [3.8, 4) is 0 Å². The van der Waals surface area contributed by atoms with Crippen LogP contribution >= 0.6 is 0 Å². The van der Waals surface area contributed by atoms with Crippen molar-refractivity contribution < 1.29 is 8.81 Å². The highest BCUT2D eigenvalue weighted by molar-refractivity contribution is 5.82. The minimum absolute atomic E-state index is 0.126. The zero-order chi connectivity index (χ0) is 22.8. The van der Waals surface area contributed by atoms with Crippen LogP contribution in [0.3, 0.4) is 0 Å². The van der Waals surface area contributed by atoms with Crippen molar-refractivity contribution in [3.05, 3.63) is 45.8 Å². The molecule has 3 heteroatoms. The molecule has 0 saturated heterocycles. The lowest BCUT2D eigenvalue weighted by Gasteiger charge is -2.28. The molecule has 0 spiro atoms. The number of aryl methyl sites for hydroxylation is 2. The van der Waals surface area contributed by atoms with Crippen LogP contribution in [-0.2, 0) is 12.8 Å². The Bertz CT molecular complexity index is 877. The van der Waals surface area contributed by atoms with E-state index in [1.165, 1.54) is 77.0 Å². The van der Waals surface area contributed by atoms with Gasteiger partial charge in [0.25, 0.3) is 0 Å². The first-order valence-corrected chi connectivity index (χ1v) is 13.4. The van der Waals surface area contributed by atoms with E-state index in [0.29, 0.717) is 35.5 Å². The molecule has 0 atom stereocenters. The third-order valence-electron chi connectivity index (χ3n) is 7.50. The van der Waals surface area contributed by atoms with Gasteiger partial charge in [-0.05, 0) is 48.1 Å². The minimum Gasteiger partial charge on any atom is -0.427 e. The van der Waals surface area contributed by atoms with Gasteiger partial charge in [-0.2, -0.15) is 0 Å². The van der Waals surface area contributed by atoms with Crippen LogP contribution < -0.4 is 5.63 Å². The molecule has 0 N–H and O–H groups in total. The zero-order valence-electron chi connectivity index (χ0n) is 20.4. The number of unbranched alkanes of at least 4 members (excludes halogenated alkanes) is 6. The van der Waals surface area contributed by atoms with Gasteiger partial charge >= 0.3 is 5.63 Å². The lowest BCUT2D eigenvalue weighted by Crippen LogP contribution is -2.15. The van der Waals surface area contributed by atoms with Crippen molar-refractivity contribution in [2.24, 2.45) is 11.8 Å². The predicted octanol–water partition coefficient (Wildman–Crippen LogP) is 8.76. The topological polar surface area (TPSA) is 30.2 Å². The van der Waals surface area contributed by atoms with E-state index in [2.05, 4.69) is 6.92 Å². The van der Waals surface area contributed by atoms with E-state index in [1.54, 1.807) is 0 Å². The molecule has 3 rings (SSSR count). The molecule has 0 unspecified atom stereocenters. The molecule has 0 amide bonds. The normalized spacial score (nSPS) is 19.0. The number of halogens is 1. The lowest BCUT2D eigenvalue weighted by molar-refractivity contribution is 0.248. The highest BCUT2D eigenvalue weighted by Gasteiger charge is 2.21. The Morgan fingerprint density at radius 1 is 0.844 bits per heavy atom. The van der Waals surface area contributed by atoms with Crippen LogP contribution in [0.5, 0.6) is 0 Å². The standard InChI is InChI=1S/C29H43FO2/c1-3-5-6-7-8-9-10-12-22-13-15-23(16-14-22)17-18-24-19-20-25-21-26(11-4-2)32-29(31)27(25)28(24)30/h19-23H,3-18H2,1-2H3. The van der Waals surface area contributed by atoms with Crippen molar-refractivity contribution in [1.82, 2.24) is 0 Å². The molecule has 1 heterocycles. The monoisotopic (exact) mass is 442 g/mol. The van der Waals surface area contributed by atoms with E-state index in [4.69, 9.17) is 4.42 Å². The Kier molecular flexibility index (Phi) is 10.3. The number of fused-ring (bicyclic) bond motifs is 1. The first-order valence-electron chi connectivity index (χ1n) is 13.4.